The number of hydrogen-bond acceptors (Lipinski definition) is 2. The van der Waals surface area contributed by atoms with Gasteiger partial charge in [0, 0.05) is 11.6 Å². The molecule has 22 heavy (non-hydrogen) atoms. The first kappa shape index (κ1) is 16.9. The van der Waals surface area contributed by atoms with E-state index >= 15 is 0 Å². The van der Waals surface area contributed by atoms with Crippen LogP contribution in [-0.2, 0) is 16.6 Å². The van der Waals surface area contributed by atoms with Gasteiger partial charge in [0.15, 0.2) is 0 Å². The van der Waals surface area contributed by atoms with Crippen LogP contribution in [0.1, 0.15) is 22.3 Å². The zero-order valence-corrected chi connectivity index (χ0v) is 14.1. The average molecular weight is 342 g/mol. The van der Waals surface area contributed by atoms with Crippen molar-refractivity contribution in [1.29, 1.82) is 0 Å². The van der Waals surface area contributed by atoms with Crippen molar-refractivity contribution < 1.29 is 12.8 Å². The summed E-state index contributed by atoms with van der Waals surface area (Å²) in [6.45, 7) is 5.28. The fourth-order valence-electron chi connectivity index (χ4n) is 2.12. The van der Waals surface area contributed by atoms with Gasteiger partial charge in [-0.15, -0.1) is 0 Å². The highest BCUT2D eigenvalue weighted by atomic mass is 35.5. The Morgan fingerprint density at radius 2 is 1.73 bits per heavy atom. The van der Waals surface area contributed by atoms with Crippen molar-refractivity contribution in [3.63, 3.8) is 0 Å². The third-order valence-electron chi connectivity index (χ3n) is 3.51. The molecule has 0 fully saturated rings. The first-order chi connectivity index (χ1) is 10.2. The normalized spacial score (nSPS) is 11.7. The van der Waals surface area contributed by atoms with Gasteiger partial charge in [-0.3, -0.25) is 0 Å². The Kier molecular flexibility index (Phi) is 4.90. The maximum Gasteiger partial charge on any atom is 0.241 e. The molecule has 0 bridgehead atoms. The summed E-state index contributed by atoms with van der Waals surface area (Å²) in [5, 5.41) is 0.525. The third kappa shape index (κ3) is 3.66. The average Bonchev–Trinajstić information content (AvgIpc) is 2.43. The van der Waals surface area contributed by atoms with Crippen molar-refractivity contribution in [3.8, 4) is 0 Å². The van der Waals surface area contributed by atoms with E-state index in [1.54, 1.807) is 39.0 Å². The minimum atomic E-state index is -3.69. The maximum absolute atomic E-state index is 13.3. The van der Waals surface area contributed by atoms with Gasteiger partial charge in [0.05, 0.1) is 4.90 Å². The van der Waals surface area contributed by atoms with E-state index in [1.165, 1.54) is 12.1 Å². The van der Waals surface area contributed by atoms with Crippen molar-refractivity contribution in [1.82, 2.24) is 4.72 Å². The Bertz CT molecular complexity index is 819. The molecule has 0 spiro atoms. The van der Waals surface area contributed by atoms with E-state index in [1.807, 2.05) is 0 Å². The van der Waals surface area contributed by atoms with Crippen molar-refractivity contribution in [3.05, 3.63) is 63.4 Å². The van der Waals surface area contributed by atoms with E-state index < -0.39 is 15.8 Å². The van der Waals surface area contributed by atoms with E-state index in [2.05, 4.69) is 4.72 Å². The molecule has 0 aliphatic rings. The molecule has 2 aromatic carbocycles. The lowest BCUT2D eigenvalue weighted by Crippen LogP contribution is -2.24. The predicted molar refractivity (Wildman–Crippen MR) is 86.1 cm³/mol. The number of halogens is 2. The summed E-state index contributed by atoms with van der Waals surface area (Å²) in [7, 11) is -3.69. The predicted octanol–water partition coefficient (Wildman–Crippen LogP) is 3.88. The SMILES string of the molecule is Cc1cc(S(=O)(=O)NCc2cc(F)ccc2C)c(C)cc1Cl. The third-order valence-corrected chi connectivity index (χ3v) is 5.46. The molecule has 0 saturated heterocycles. The molecule has 0 aliphatic carbocycles. The van der Waals surface area contributed by atoms with Crippen LogP contribution >= 0.6 is 11.6 Å². The molecule has 0 saturated carbocycles. The Labute approximate surface area is 135 Å². The van der Waals surface area contributed by atoms with E-state index in [0.717, 1.165) is 5.56 Å². The lowest BCUT2D eigenvalue weighted by atomic mass is 10.1. The maximum atomic E-state index is 13.3. The van der Waals surface area contributed by atoms with Crippen LogP contribution in [0.25, 0.3) is 0 Å². The molecule has 118 valence electrons. The molecule has 0 aliphatic heterocycles. The Morgan fingerprint density at radius 1 is 1.05 bits per heavy atom. The number of hydrogen-bond donors (Lipinski definition) is 1. The molecule has 2 rings (SSSR count). The zero-order chi connectivity index (χ0) is 16.5. The molecule has 0 unspecified atom stereocenters. The summed E-state index contributed by atoms with van der Waals surface area (Å²) in [6.07, 6.45) is 0. The molecule has 1 N–H and O–H groups in total. The summed E-state index contributed by atoms with van der Waals surface area (Å²) in [4.78, 5) is 0.184. The first-order valence-corrected chi connectivity index (χ1v) is 8.58. The van der Waals surface area contributed by atoms with Crippen molar-refractivity contribution >= 4 is 21.6 Å². The van der Waals surface area contributed by atoms with Crippen molar-refractivity contribution in [2.24, 2.45) is 0 Å². The summed E-state index contributed by atoms with van der Waals surface area (Å²) in [5.41, 5.74) is 2.69. The standard InChI is InChI=1S/C16H17ClFNO2S/c1-10-4-5-14(18)8-13(10)9-19-22(20,21)16-7-11(2)15(17)6-12(16)3/h4-8,19H,9H2,1-3H3. The second-order valence-corrected chi connectivity index (χ2v) is 7.40. The minimum absolute atomic E-state index is 0.0348. The van der Waals surface area contributed by atoms with Gasteiger partial charge in [-0.2, -0.15) is 0 Å². The topological polar surface area (TPSA) is 46.2 Å². The molecule has 2 aromatic rings. The van der Waals surface area contributed by atoms with Crippen LogP contribution in [-0.4, -0.2) is 8.42 Å². The monoisotopic (exact) mass is 341 g/mol. The Morgan fingerprint density at radius 3 is 2.41 bits per heavy atom. The molecule has 0 atom stereocenters. The second kappa shape index (κ2) is 6.36. The largest absolute Gasteiger partial charge is 0.241 e. The van der Waals surface area contributed by atoms with Gasteiger partial charge in [-0.25, -0.2) is 17.5 Å². The van der Waals surface area contributed by atoms with E-state index in [4.69, 9.17) is 11.6 Å². The number of rotatable bonds is 4. The van der Waals surface area contributed by atoms with Crippen LogP contribution in [0, 0.1) is 26.6 Å². The van der Waals surface area contributed by atoms with Crippen LogP contribution in [0.2, 0.25) is 5.02 Å². The van der Waals surface area contributed by atoms with Crippen LogP contribution < -0.4 is 4.72 Å². The number of benzene rings is 2. The fraction of sp³-hybridized carbons (Fsp3) is 0.250. The van der Waals surface area contributed by atoms with Crippen LogP contribution in [0.4, 0.5) is 4.39 Å². The molecular formula is C16H17ClFNO2S. The van der Waals surface area contributed by atoms with Crippen molar-refractivity contribution in [2.45, 2.75) is 32.2 Å². The quantitative estimate of drug-likeness (QED) is 0.917. The highest BCUT2D eigenvalue weighted by Crippen LogP contribution is 2.24. The van der Waals surface area contributed by atoms with Crippen LogP contribution in [0.5, 0.6) is 0 Å². The molecule has 0 radical (unpaired) electrons. The number of nitrogens with one attached hydrogen (secondary N) is 1. The molecule has 0 heterocycles. The minimum Gasteiger partial charge on any atom is -0.207 e. The smallest absolute Gasteiger partial charge is 0.207 e. The number of aryl methyl sites for hydroxylation is 3. The highest BCUT2D eigenvalue weighted by molar-refractivity contribution is 7.89. The highest BCUT2D eigenvalue weighted by Gasteiger charge is 2.18. The number of sulfonamides is 1. The second-order valence-electron chi connectivity index (χ2n) is 5.26. The van der Waals surface area contributed by atoms with Gasteiger partial charge < -0.3 is 0 Å². The molecular weight excluding hydrogens is 325 g/mol. The lowest BCUT2D eigenvalue weighted by Gasteiger charge is -2.12. The zero-order valence-electron chi connectivity index (χ0n) is 12.6. The van der Waals surface area contributed by atoms with Crippen LogP contribution in [0.3, 0.4) is 0 Å². The fourth-order valence-corrected chi connectivity index (χ4v) is 3.66. The lowest BCUT2D eigenvalue weighted by molar-refractivity contribution is 0.579. The van der Waals surface area contributed by atoms with Gasteiger partial charge in [-0.1, -0.05) is 17.7 Å². The van der Waals surface area contributed by atoms with E-state index in [-0.39, 0.29) is 11.4 Å². The van der Waals surface area contributed by atoms with Gasteiger partial charge in [0.2, 0.25) is 10.0 Å². The summed E-state index contributed by atoms with van der Waals surface area (Å²) in [6, 6.07) is 7.46. The molecule has 0 aromatic heterocycles. The van der Waals surface area contributed by atoms with E-state index in [9.17, 15) is 12.8 Å². The van der Waals surface area contributed by atoms with Gasteiger partial charge in [0.25, 0.3) is 0 Å². The van der Waals surface area contributed by atoms with Gasteiger partial charge in [0.1, 0.15) is 5.82 Å². The Balaban J connectivity index is 2.29. The van der Waals surface area contributed by atoms with E-state index in [0.29, 0.717) is 21.7 Å². The molecule has 6 heteroatoms. The first-order valence-electron chi connectivity index (χ1n) is 6.72. The van der Waals surface area contributed by atoms with Crippen LogP contribution in [0.15, 0.2) is 35.2 Å². The van der Waals surface area contributed by atoms with Gasteiger partial charge >= 0.3 is 0 Å². The Hall–Kier alpha value is -1.43. The van der Waals surface area contributed by atoms with Gasteiger partial charge in [-0.05, 0) is 67.3 Å². The molecule has 0 amide bonds. The molecule has 3 nitrogen and oxygen atoms in total. The van der Waals surface area contributed by atoms with Crippen molar-refractivity contribution in [2.75, 3.05) is 0 Å². The summed E-state index contributed by atoms with van der Waals surface area (Å²) >= 11 is 5.99. The summed E-state index contributed by atoms with van der Waals surface area (Å²) in [5.74, 6) is -0.390. The summed E-state index contributed by atoms with van der Waals surface area (Å²) < 4.78 is 40.6.